The van der Waals surface area contributed by atoms with Crippen LogP contribution in [0.3, 0.4) is 0 Å². The molecule has 4 heterocycles. The lowest BCUT2D eigenvalue weighted by Gasteiger charge is -2.32. The first-order chi connectivity index (χ1) is 10.5. The van der Waals surface area contributed by atoms with Gasteiger partial charge in [-0.2, -0.15) is 9.97 Å². The molecule has 118 valence electrons. The number of aromatic nitrogens is 4. The van der Waals surface area contributed by atoms with E-state index in [9.17, 15) is 9.50 Å². The van der Waals surface area contributed by atoms with Crippen molar-refractivity contribution >= 4 is 22.9 Å². The summed E-state index contributed by atoms with van der Waals surface area (Å²) in [5.74, 6) is 0.766. The SMILES string of the molecule is CC1(F)C(O)COC1n1cnc2c(N3CCC3)nc(N)nc21. The number of hydrogen-bond donors (Lipinski definition) is 2. The van der Waals surface area contributed by atoms with Crippen LogP contribution in [-0.2, 0) is 4.74 Å². The number of fused-ring (bicyclic) bond motifs is 1. The monoisotopic (exact) mass is 308 g/mol. The number of nitrogen functional groups attached to an aromatic ring is 1. The number of rotatable bonds is 2. The van der Waals surface area contributed by atoms with Gasteiger partial charge in [0.05, 0.1) is 12.9 Å². The number of ether oxygens (including phenoxy) is 1. The molecule has 8 nitrogen and oxygen atoms in total. The van der Waals surface area contributed by atoms with Gasteiger partial charge in [-0.1, -0.05) is 0 Å². The summed E-state index contributed by atoms with van der Waals surface area (Å²) in [6.07, 6.45) is 0.366. The molecule has 9 heteroatoms. The second kappa shape index (κ2) is 4.50. The maximum Gasteiger partial charge on any atom is 0.224 e. The minimum atomic E-state index is -1.93. The summed E-state index contributed by atoms with van der Waals surface area (Å²) in [5, 5.41) is 9.74. The molecule has 3 unspecified atom stereocenters. The van der Waals surface area contributed by atoms with Gasteiger partial charge in [-0.05, 0) is 13.3 Å². The third kappa shape index (κ3) is 1.78. The van der Waals surface area contributed by atoms with Crippen molar-refractivity contribution in [3.63, 3.8) is 0 Å². The van der Waals surface area contributed by atoms with E-state index in [2.05, 4.69) is 19.9 Å². The van der Waals surface area contributed by atoms with E-state index in [0.29, 0.717) is 17.0 Å². The van der Waals surface area contributed by atoms with Gasteiger partial charge < -0.3 is 20.5 Å². The highest BCUT2D eigenvalue weighted by Gasteiger charge is 2.50. The zero-order chi connectivity index (χ0) is 15.5. The summed E-state index contributed by atoms with van der Waals surface area (Å²) in [6.45, 7) is 3.01. The van der Waals surface area contributed by atoms with Crippen LogP contribution in [0.4, 0.5) is 16.2 Å². The fourth-order valence-corrected chi connectivity index (χ4v) is 2.86. The van der Waals surface area contributed by atoms with Gasteiger partial charge in [0.2, 0.25) is 5.95 Å². The van der Waals surface area contributed by atoms with Crippen LogP contribution >= 0.6 is 0 Å². The highest BCUT2D eigenvalue weighted by Crippen LogP contribution is 2.39. The molecule has 4 rings (SSSR count). The number of aliphatic hydroxyl groups excluding tert-OH is 1. The largest absolute Gasteiger partial charge is 0.387 e. The summed E-state index contributed by atoms with van der Waals surface area (Å²) in [5.41, 5.74) is 4.84. The summed E-state index contributed by atoms with van der Waals surface area (Å²) >= 11 is 0. The highest BCUT2D eigenvalue weighted by atomic mass is 19.1. The van der Waals surface area contributed by atoms with Gasteiger partial charge in [0.15, 0.2) is 28.9 Å². The molecule has 0 amide bonds. The van der Waals surface area contributed by atoms with E-state index in [1.165, 1.54) is 17.8 Å². The van der Waals surface area contributed by atoms with Crippen molar-refractivity contribution in [2.24, 2.45) is 0 Å². The second-order valence-corrected chi connectivity index (χ2v) is 5.92. The summed E-state index contributed by atoms with van der Waals surface area (Å²) in [6, 6.07) is 0. The average Bonchev–Trinajstić information content (AvgIpc) is 2.90. The first-order valence-corrected chi connectivity index (χ1v) is 7.22. The van der Waals surface area contributed by atoms with E-state index in [4.69, 9.17) is 10.5 Å². The molecule has 2 aliphatic heterocycles. The van der Waals surface area contributed by atoms with Gasteiger partial charge in [0.1, 0.15) is 6.10 Å². The van der Waals surface area contributed by atoms with Gasteiger partial charge in [0, 0.05) is 13.1 Å². The van der Waals surface area contributed by atoms with Gasteiger partial charge in [-0.25, -0.2) is 9.37 Å². The molecule has 3 atom stereocenters. The second-order valence-electron chi connectivity index (χ2n) is 5.92. The van der Waals surface area contributed by atoms with E-state index in [1.807, 2.05) is 0 Å². The van der Waals surface area contributed by atoms with Crippen LogP contribution in [0, 0.1) is 0 Å². The van der Waals surface area contributed by atoms with Crippen LogP contribution in [-0.4, -0.2) is 56.1 Å². The Bertz CT molecular complexity index is 729. The van der Waals surface area contributed by atoms with Crippen LogP contribution in [0.2, 0.25) is 0 Å². The standard InChI is InChI=1S/C13H17FN6O2/c1-13(14)7(21)5-22-11(13)20-6-16-8-9(19-3-2-4-19)17-12(15)18-10(8)20/h6-7,11,21H,2-5H2,1H3,(H2,15,17,18). The Hall–Kier alpha value is -2.00. The zero-order valence-electron chi connectivity index (χ0n) is 12.1. The van der Waals surface area contributed by atoms with Crippen molar-refractivity contribution in [2.45, 2.75) is 31.3 Å². The molecule has 2 fully saturated rings. The third-order valence-electron chi connectivity index (χ3n) is 4.37. The third-order valence-corrected chi connectivity index (χ3v) is 4.37. The van der Waals surface area contributed by atoms with Crippen LogP contribution in [0.1, 0.15) is 19.6 Å². The molecular weight excluding hydrogens is 291 g/mol. The molecule has 0 radical (unpaired) electrons. The number of nitrogens with two attached hydrogens (primary N) is 1. The van der Waals surface area contributed by atoms with E-state index >= 15 is 0 Å². The Morgan fingerprint density at radius 1 is 1.45 bits per heavy atom. The Kier molecular flexibility index (Phi) is 2.79. The summed E-state index contributed by atoms with van der Waals surface area (Å²) in [4.78, 5) is 14.8. The molecule has 22 heavy (non-hydrogen) atoms. The van der Waals surface area contributed by atoms with Crippen LogP contribution in [0.15, 0.2) is 6.33 Å². The van der Waals surface area contributed by atoms with Crippen molar-refractivity contribution in [3.8, 4) is 0 Å². The average molecular weight is 308 g/mol. The maximum absolute atomic E-state index is 14.7. The van der Waals surface area contributed by atoms with E-state index in [-0.39, 0.29) is 12.6 Å². The smallest absolute Gasteiger partial charge is 0.224 e. The predicted octanol–water partition coefficient (Wildman–Crippen LogP) is 0.236. The van der Waals surface area contributed by atoms with Crippen LogP contribution in [0.25, 0.3) is 11.2 Å². The molecule has 2 saturated heterocycles. The van der Waals surface area contributed by atoms with Gasteiger partial charge in [-0.3, -0.25) is 4.57 Å². The molecule has 0 spiro atoms. The predicted molar refractivity (Wildman–Crippen MR) is 77.1 cm³/mol. The van der Waals surface area contributed by atoms with Gasteiger partial charge >= 0.3 is 0 Å². The highest BCUT2D eigenvalue weighted by molar-refractivity contribution is 5.85. The van der Waals surface area contributed by atoms with E-state index in [1.54, 1.807) is 0 Å². The lowest BCUT2D eigenvalue weighted by molar-refractivity contribution is -0.0339. The van der Waals surface area contributed by atoms with Crippen LogP contribution in [0.5, 0.6) is 0 Å². The normalized spacial score (nSPS) is 31.7. The van der Waals surface area contributed by atoms with Crippen molar-refractivity contribution in [1.29, 1.82) is 0 Å². The minimum absolute atomic E-state index is 0.0725. The number of imidazole rings is 1. The molecule has 3 N–H and O–H groups in total. The lowest BCUT2D eigenvalue weighted by Crippen LogP contribution is -2.38. The summed E-state index contributed by atoms with van der Waals surface area (Å²) < 4.78 is 21.6. The molecule has 0 aliphatic carbocycles. The molecule has 2 aliphatic rings. The maximum atomic E-state index is 14.7. The first-order valence-electron chi connectivity index (χ1n) is 7.22. The number of aliphatic hydroxyl groups is 1. The Morgan fingerprint density at radius 3 is 2.82 bits per heavy atom. The topological polar surface area (TPSA) is 102 Å². The lowest BCUT2D eigenvalue weighted by atomic mass is 10.0. The zero-order valence-corrected chi connectivity index (χ0v) is 12.1. The van der Waals surface area contributed by atoms with Crippen molar-refractivity contribution in [3.05, 3.63) is 6.33 Å². The fraction of sp³-hybridized carbons (Fsp3) is 0.615. The fourth-order valence-electron chi connectivity index (χ4n) is 2.86. The van der Waals surface area contributed by atoms with Crippen molar-refractivity contribution in [2.75, 3.05) is 30.3 Å². The minimum Gasteiger partial charge on any atom is -0.387 e. The van der Waals surface area contributed by atoms with Gasteiger partial charge in [-0.15, -0.1) is 0 Å². The van der Waals surface area contributed by atoms with Crippen molar-refractivity contribution in [1.82, 2.24) is 19.5 Å². The molecule has 2 aromatic heterocycles. The molecule has 0 aromatic carbocycles. The van der Waals surface area contributed by atoms with Gasteiger partial charge in [0.25, 0.3) is 0 Å². The first kappa shape index (κ1) is 13.6. The van der Waals surface area contributed by atoms with Crippen LogP contribution < -0.4 is 10.6 Å². The molecule has 0 saturated carbocycles. The molecule has 0 bridgehead atoms. The number of anilines is 2. The van der Waals surface area contributed by atoms with E-state index in [0.717, 1.165) is 19.5 Å². The summed E-state index contributed by atoms with van der Waals surface area (Å²) in [7, 11) is 0. The number of alkyl halides is 1. The molecule has 2 aromatic rings. The number of hydrogen-bond acceptors (Lipinski definition) is 7. The Morgan fingerprint density at radius 2 is 2.23 bits per heavy atom. The molecular formula is C13H17FN6O2. The number of nitrogens with zero attached hydrogens (tertiary/aromatic N) is 5. The Balaban J connectivity index is 1.85. The number of halogens is 1. The van der Waals surface area contributed by atoms with E-state index < -0.39 is 18.0 Å². The Labute approximate surface area is 125 Å². The quantitative estimate of drug-likeness (QED) is 0.819. The van der Waals surface area contributed by atoms with Crippen molar-refractivity contribution < 1.29 is 14.2 Å².